The quantitative estimate of drug-likeness (QED) is 0.899. The van der Waals surface area contributed by atoms with Crippen LogP contribution in [0.15, 0.2) is 48.5 Å². The van der Waals surface area contributed by atoms with Crippen LogP contribution in [0, 0.1) is 0 Å². The first kappa shape index (κ1) is 15.7. The molecule has 0 heterocycles. The Balaban J connectivity index is 2.06. The van der Waals surface area contributed by atoms with Crippen LogP contribution >= 0.6 is 11.6 Å². The topological polar surface area (TPSA) is 29.5 Å². The molecule has 21 heavy (non-hydrogen) atoms. The highest BCUT2D eigenvalue weighted by atomic mass is 35.5. The van der Waals surface area contributed by atoms with Gasteiger partial charge in [0.15, 0.2) is 6.10 Å². The molecule has 0 aromatic heterocycles. The average molecular weight is 317 g/mol. The van der Waals surface area contributed by atoms with E-state index in [1.165, 1.54) is 24.3 Å². The first-order valence-electron chi connectivity index (χ1n) is 6.08. The molecule has 0 aliphatic rings. The smallest absolute Gasteiger partial charge is 0.418 e. The lowest BCUT2D eigenvalue weighted by molar-refractivity contribution is -0.206. The average Bonchev–Trinajstić information content (AvgIpc) is 2.45. The summed E-state index contributed by atoms with van der Waals surface area (Å²) in [6, 6.07) is 12.2. The van der Waals surface area contributed by atoms with Crippen LogP contribution in [0.25, 0.3) is 0 Å². The Hall–Kier alpha value is -1.72. The second kappa shape index (κ2) is 6.37. The van der Waals surface area contributed by atoms with Gasteiger partial charge in [-0.1, -0.05) is 35.9 Å². The molecule has 1 N–H and O–H groups in total. The molecule has 0 aliphatic heterocycles. The van der Waals surface area contributed by atoms with Crippen LogP contribution in [-0.4, -0.2) is 11.3 Å². The minimum atomic E-state index is -4.70. The molecular weight excluding hydrogens is 305 g/mol. The van der Waals surface area contributed by atoms with Gasteiger partial charge in [0.25, 0.3) is 0 Å². The zero-order valence-corrected chi connectivity index (χ0v) is 11.5. The predicted octanol–water partition coefficient (Wildman–Crippen LogP) is 4.51. The molecule has 0 fully saturated rings. The fourth-order valence-corrected chi connectivity index (χ4v) is 1.84. The molecule has 112 valence electrons. The second-order valence-electron chi connectivity index (χ2n) is 4.43. The zero-order chi connectivity index (χ0) is 15.5. The van der Waals surface area contributed by atoms with Crippen LogP contribution in [0.5, 0.6) is 5.75 Å². The fraction of sp³-hybridized carbons (Fsp3) is 0.200. The van der Waals surface area contributed by atoms with Crippen molar-refractivity contribution in [2.45, 2.75) is 18.9 Å². The van der Waals surface area contributed by atoms with Gasteiger partial charge in [-0.2, -0.15) is 13.2 Å². The molecule has 2 rings (SSSR count). The Kier molecular flexibility index (Phi) is 4.75. The highest BCUT2D eigenvalue weighted by Gasteiger charge is 2.39. The van der Waals surface area contributed by atoms with Gasteiger partial charge in [-0.3, -0.25) is 0 Å². The molecule has 1 atom stereocenters. The number of ether oxygens (including phenoxy) is 1. The maximum Gasteiger partial charge on any atom is 0.418 e. The summed E-state index contributed by atoms with van der Waals surface area (Å²) >= 11 is 5.75. The van der Waals surface area contributed by atoms with Gasteiger partial charge in [0.1, 0.15) is 12.4 Å². The standard InChI is InChI=1S/C15H12ClF3O2/c16-12-6-4-10(5-7-12)9-21-13-3-1-2-11(8-13)14(20)15(17,18)19/h1-8,14,20H,9H2. The van der Waals surface area contributed by atoms with Gasteiger partial charge in [-0.25, -0.2) is 0 Å². The summed E-state index contributed by atoms with van der Waals surface area (Å²) in [4.78, 5) is 0. The van der Waals surface area contributed by atoms with Crippen molar-refractivity contribution < 1.29 is 23.0 Å². The molecule has 0 bridgehead atoms. The van der Waals surface area contributed by atoms with Gasteiger partial charge in [0.05, 0.1) is 0 Å². The van der Waals surface area contributed by atoms with Crippen LogP contribution in [0.4, 0.5) is 13.2 Å². The van der Waals surface area contributed by atoms with Crippen LogP contribution in [0.2, 0.25) is 5.02 Å². The number of halogens is 4. The number of alkyl halides is 3. The van der Waals surface area contributed by atoms with E-state index in [-0.39, 0.29) is 17.9 Å². The van der Waals surface area contributed by atoms with Crippen molar-refractivity contribution in [2.75, 3.05) is 0 Å². The first-order chi connectivity index (χ1) is 9.86. The van der Waals surface area contributed by atoms with Crippen LogP contribution < -0.4 is 4.74 Å². The molecule has 0 saturated carbocycles. The first-order valence-corrected chi connectivity index (χ1v) is 6.46. The third-order valence-corrected chi connectivity index (χ3v) is 3.05. The minimum absolute atomic E-state index is 0.197. The maximum absolute atomic E-state index is 12.5. The van der Waals surface area contributed by atoms with Crippen molar-refractivity contribution in [3.63, 3.8) is 0 Å². The summed E-state index contributed by atoms with van der Waals surface area (Å²) in [5.74, 6) is 0.255. The van der Waals surface area contributed by atoms with Gasteiger partial charge in [0, 0.05) is 5.02 Å². The second-order valence-corrected chi connectivity index (χ2v) is 4.87. The molecule has 0 saturated heterocycles. The molecule has 0 radical (unpaired) electrons. The zero-order valence-electron chi connectivity index (χ0n) is 10.8. The highest BCUT2D eigenvalue weighted by Crippen LogP contribution is 2.33. The lowest BCUT2D eigenvalue weighted by Gasteiger charge is -2.15. The lowest BCUT2D eigenvalue weighted by Crippen LogP contribution is -2.20. The van der Waals surface area contributed by atoms with E-state index in [0.29, 0.717) is 5.02 Å². The fourth-order valence-electron chi connectivity index (χ4n) is 1.71. The van der Waals surface area contributed by atoms with Gasteiger partial charge >= 0.3 is 6.18 Å². The Bertz CT molecular complexity index is 597. The third kappa shape index (κ3) is 4.37. The van der Waals surface area contributed by atoms with E-state index in [2.05, 4.69) is 0 Å². The molecular formula is C15H12ClF3O2. The Morgan fingerprint density at radius 1 is 1.10 bits per heavy atom. The van der Waals surface area contributed by atoms with Gasteiger partial charge in [-0.05, 0) is 35.4 Å². The van der Waals surface area contributed by atoms with Crippen molar-refractivity contribution in [1.82, 2.24) is 0 Å². The molecule has 6 heteroatoms. The minimum Gasteiger partial charge on any atom is -0.489 e. The Morgan fingerprint density at radius 2 is 1.76 bits per heavy atom. The van der Waals surface area contributed by atoms with Crippen LogP contribution in [-0.2, 0) is 6.61 Å². The van der Waals surface area contributed by atoms with E-state index in [1.807, 2.05) is 0 Å². The van der Waals surface area contributed by atoms with Gasteiger partial charge in [-0.15, -0.1) is 0 Å². The van der Waals surface area contributed by atoms with E-state index in [9.17, 15) is 18.3 Å². The van der Waals surface area contributed by atoms with E-state index < -0.39 is 12.3 Å². The molecule has 1 unspecified atom stereocenters. The summed E-state index contributed by atoms with van der Waals surface area (Å²) in [6.45, 7) is 0.197. The van der Waals surface area contributed by atoms with Crippen molar-refractivity contribution in [2.24, 2.45) is 0 Å². The normalized spacial score (nSPS) is 13.0. The van der Waals surface area contributed by atoms with Crippen molar-refractivity contribution in [3.8, 4) is 5.75 Å². The number of aliphatic hydroxyl groups excluding tert-OH is 1. The highest BCUT2D eigenvalue weighted by molar-refractivity contribution is 6.30. The molecule has 2 aromatic rings. The number of hydrogen-bond donors (Lipinski definition) is 1. The summed E-state index contributed by atoms with van der Waals surface area (Å²) < 4.78 is 42.8. The van der Waals surface area contributed by atoms with Crippen molar-refractivity contribution in [3.05, 3.63) is 64.7 Å². The summed E-state index contributed by atoms with van der Waals surface area (Å²) in [6.07, 6.45) is -7.22. The third-order valence-electron chi connectivity index (χ3n) is 2.80. The van der Waals surface area contributed by atoms with Crippen molar-refractivity contribution >= 4 is 11.6 Å². The van der Waals surface area contributed by atoms with E-state index in [1.54, 1.807) is 24.3 Å². The number of benzene rings is 2. The summed E-state index contributed by atoms with van der Waals surface area (Å²) in [5, 5.41) is 9.79. The monoisotopic (exact) mass is 316 g/mol. The Morgan fingerprint density at radius 3 is 2.38 bits per heavy atom. The van der Waals surface area contributed by atoms with E-state index >= 15 is 0 Å². The molecule has 2 aromatic carbocycles. The molecule has 0 aliphatic carbocycles. The predicted molar refractivity (Wildman–Crippen MR) is 73.2 cm³/mol. The summed E-state index contributed by atoms with van der Waals surface area (Å²) in [7, 11) is 0. The summed E-state index contributed by atoms with van der Waals surface area (Å²) in [5.41, 5.74) is 0.581. The van der Waals surface area contributed by atoms with Crippen LogP contribution in [0.1, 0.15) is 17.2 Å². The lowest BCUT2D eigenvalue weighted by atomic mass is 10.1. The van der Waals surface area contributed by atoms with E-state index in [0.717, 1.165) is 5.56 Å². The molecule has 0 spiro atoms. The molecule has 0 amide bonds. The molecule has 2 nitrogen and oxygen atoms in total. The Labute approximate surface area is 124 Å². The maximum atomic E-state index is 12.5. The van der Waals surface area contributed by atoms with Gasteiger partial charge < -0.3 is 9.84 Å². The van der Waals surface area contributed by atoms with E-state index in [4.69, 9.17) is 16.3 Å². The van der Waals surface area contributed by atoms with Gasteiger partial charge in [0.2, 0.25) is 0 Å². The largest absolute Gasteiger partial charge is 0.489 e. The SMILES string of the molecule is OC(c1cccc(OCc2ccc(Cl)cc2)c1)C(F)(F)F. The number of rotatable bonds is 4. The van der Waals surface area contributed by atoms with Crippen LogP contribution in [0.3, 0.4) is 0 Å². The number of aliphatic hydroxyl groups is 1. The number of hydrogen-bond acceptors (Lipinski definition) is 2. The van der Waals surface area contributed by atoms with Crippen molar-refractivity contribution in [1.29, 1.82) is 0 Å².